The SMILES string of the molecule is Cc1ccc(CCC[Si](C)(C)c2ccc(CBr)c3ccccc23)cc1. The van der Waals surface area contributed by atoms with E-state index in [0.717, 1.165) is 5.33 Å². The van der Waals surface area contributed by atoms with Gasteiger partial charge in [-0.3, -0.25) is 0 Å². The smallest absolute Gasteiger partial charge is 0.0814 e. The van der Waals surface area contributed by atoms with Gasteiger partial charge in [0, 0.05) is 5.33 Å². The third kappa shape index (κ3) is 4.24. The molecular weight excluding hydrogens is 384 g/mol. The van der Waals surface area contributed by atoms with Gasteiger partial charge in [-0.15, -0.1) is 0 Å². The second-order valence-corrected chi connectivity index (χ2v) is 13.0. The molecule has 0 heterocycles. The number of benzene rings is 3. The quantitative estimate of drug-likeness (QED) is 0.317. The van der Waals surface area contributed by atoms with E-state index in [1.165, 1.54) is 46.3 Å². The van der Waals surface area contributed by atoms with Crippen LogP contribution in [0.15, 0.2) is 60.7 Å². The highest BCUT2D eigenvalue weighted by molar-refractivity contribution is 9.08. The number of aryl methyl sites for hydroxylation is 2. The fourth-order valence-corrected chi connectivity index (χ4v) is 6.99. The Hall–Kier alpha value is -1.38. The summed E-state index contributed by atoms with van der Waals surface area (Å²) in [6.45, 7) is 7.21. The molecule has 0 atom stereocenters. The van der Waals surface area contributed by atoms with Crippen molar-refractivity contribution in [3.8, 4) is 0 Å². The van der Waals surface area contributed by atoms with Crippen LogP contribution in [-0.2, 0) is 11.8 Å². The number of alkyl halides is 1. The topological polar surface area (TPSA) is 0 Å². The van der Waals surface area contributed by atoms with Crippen LogP contribution in [0.1, 0.15) is 23.1 Å². The Morgan fingerprint density at radius 1 is 0.840 bits per heavy atom. The molecule has 0 aliphatic heterocycles. The molecule has 0 aliphatic carbocycles. The van der Waals surface area contributed by atoms with Crippen molar-refractivity contribution in [1.82, 2.24) is 0 Å². The Morgan fingerprint density at radius 2 is 1.52 bits per heavy atom. The molecule has 0 unspecified atom stereocenters. The van der Waals surface area contributed by atoms with E-state index in [9.17, 15) is 0 Å². The summed E-state index contributed by atoms with van der Waals surface area (Å²) in [5, 5.41) is 5.41. The van der Waals surface area contributed by atoms with E-state index in [2.05, 4.69) is 96.6 Å². The van der Waals surface area contributed by atoms with E-state index < -0.39 is 8.07 Å². The van der Waals surface area contributed by atoms with Crippen LogP contribution in [0, 0.1) is 6.92 Å². The molecule has 25 heavy (non-hydrogen) atoms. The van der Waals surface area contributed by atoms with Gasteiger partial charge >= 0.3 is 0 Å². The van der Waals surface area contributed by atoms with Crippen molar-refractivity contribution in [2.75, 3.05) is 0 Å². The first-order valence-electron chi connectivity index (χ1n) is 9.14. The molecule has 0 aromatic heterocycles. The van der Waals surface area contributed by atoms with Gasteiger partial charge in [0.25, 0.3) is 0 Å². The van der Waals surface area contributed by atoms with Gasteiger partial charge in [-0.05, 0) is 35.2 Å². The molecule has 2 heteroatoms. The number of fused-ring (bicyclic) bond motifs is 1. The maximum atomic E-state index is 3.64. The predicted octanol–water partition coefficient (Wildman–Crippen LogP) is 6.59. The maximum Gasteiger partial charge on any atom is 0.0814 e. The van der Waals surface area contributed by atoms with Crippen molar-refractivity contribution >= 4 is 40.0 Å². The van der Waals surface area contributed by atoms with Gasteiger partial charge in [-0.2, -0.15) is 0 Å². The van der Waals surface area contributed by atoms with E-state index >= 15 is 0 Å². The van der Waals surface area contributed by atoms with E-state index in [1.807, 2.05) is 0 Å². The number of hydrogen-bond acceptors (Lipinski definition) is 0. The predicted molar refractivity (Wildman–Crippen MR) is 118 cm³/mol. The molecule has 130 valence electrons. The van der Waals surface area contributed by atoms with Gasteiger partial charge < -0.3 is 0 Å². The number of halogens is 1. The zero-order valence-corrected chi connectivity index (χ0v) is 18.1. The van der Waals surface area contributed by atoms with E-state index in [0.29, 0.717) is 0 Å². The third-order valence-corrected chi connectivity index (χ3v) is 9.38. The number of hydrogen-bond donors (Lipinski definition) is 0. The highest BCUT2D eigenvalue weighted by atomic mass is 79.9. The van der Waals surface area contributed by atoms with E-state index in [4.69, 9.17) is 0 Å². The molecule has 0 nitrogen and oxygen atoms in total. The lowest BCUT2D eigenvalue weighted by Crippen LogP contribution is -2.41. The minimum atomic E-state index is -1.46. The van der Waals surface area contributed by atoms with Crippen molar-refractivity contribution in [2.24, 2.45) is 0 Å². The fraction of sp³-hybridized carbons (Fsp3) is 0.304. The monoisotopic (exact) mass is 410 g/mol. The average Bonchev–Trinajstić information content (AvgIpc) is 2.62. The van der Waals surface area contributed by atoms with Crippen LogP contribution >= 0.6 is 15.9 Å². The first-order valence-corrected chi connectivity index (χ1v) is 13.5. The minimum Gasteiger partial charge on any atom is -0.0876 e. The van der Waals surface area contributed by atoms with E-state index in [-0.39, 0.29) is 0 Å². The zero-order valence-electron chi connectivity index (χ0n) is 15.5. The average molecular weight is 411 g/mol. The second-order valence-electron chi connectivity index (χ2n) is 7.67. The molecule has 3 aromatic carbocycles. The third-order valence-electron chi connectivity index (χ3n) is 5.28. The van der Waals surface area contributed by atoms with Crippen LogP contribution in [-0.4, -0.2) is 8.07 Å². The highest BCUT2D eigenvalue weighted by Gasteiger charge is 2.25. The Labute approximate surface area is 161 Å². The Morgan fingerprint density at radius 3 is 2.20 bits per heavy atom. The molecule has 0 bridgehead atoms. The minimum absolute atomic E-state index is 0.920. The fourth-order valence-electron chi connectivity index (χ4n) is 3.69. The molecule has 0 spiro atoms. The molecule has 0 saturated carbocycles. The largest absolute Gasteiger partial charge is 0.0876 e. The summed E-state index contributed by atoms with van der Waals surface area (Å²) in [5.41, 5.74) is 4.20. The lowest BCUT2D eigenvalue weighted by atomic mass is 10.1. The van der Waals surface area contributed by atoms with Crippen LogP contribution < -0.4 is 5.19 Å². The summed E-state index contributed by atoms with van der Waals surface area (Å²) in [7, 11) is -1.46. The molecular formula is C23H27BrSi. The molecule has 3 rings (SSSR count). The standard InChI is InChI=1S/C23H27BrSi/c1-18-10-12-19(13-11-18)7-6-16-25(2,3)23-15-14-20(17-24)21-8-4-5-9-22(21)23/h4-5,8-15H,6-7,16-17H2,1-3H3. The van der Waals surface area contributed by atoms with E-state index in [1.54, 1.807) is 5.19 Å². The Bertz CT molecular complexity index is 850. The first-order chi connectivity index (χ1) is 12.0. The van der Waals surface area contributed by atoms with Crippen LogP contribution in [0.25, 0.3) is 10.8 Å². The van der Waals surface area contributed by atoms with Crippen molar-refractivity contribution in [3.63, 3.8) is 0 Å². The molecule has 0 amide bonds. The molecule has 0 radical (unpaired) electrons. The van der Waals surface area contributed by atoms with Crippen molar-refractivity contribution in [2.45, 2.75) is 44.2 Å². The van der Waals surface area contributed by atoms with Crippen molar-refractivity contribution < 1.29 is 0 Å². The normalized spacial score (nSPS) is 11.8. The van der Waals surface area contributed by atoms with Crippen molar-refractivity contribution in [1.29, 1.82) is 0 Å². The summed E-state index contributed by atoms with van der Waals surface area (Å²) in [5.74, 6) is 0. The maximum absolute atomic E-state index is 3.64. The molecule has 0 aliphatic rings. The number of rotatable bonds is 6. The second kappa shape index (κ2) is 7.88. The highest BCUT2D eigenvalue weighted by Crippen LogP contribution is 2.24. The molecule has 0 N–H and O–H groups in total. The van der Waals surface area contributed by atoms with Gasteiger partial charge in [-0.1, -0.05) is 113 Å². The van der Waals surface area contributed by atoms with Crippen molar-refractivity contribution in [3.05, 3.63) is 77.4 Å². The zero-order chi connectivity index (χ0) is 17.9. The summed E-state index contributed by atoms with van der Waals surface area (Å²) in [6.07, 6.45) is 2.46. The summed E-state index contributed by atoms with van der Waals surface area (Å²) < 4.78 is 0. The van der Waals surface area contributed by atoms with Gasteiger partial charge in [0.2, 0.25) is 0 Å². The molecule has 3 aromatic rings. The Kier molecular flexibility index (Phi) is 5.80. The summed E-state index contributed by atoms with van der Waals surface area (Å²) in [6, 6.07) is 24.0. The van der Waals surface area contributed by atoms with Crippen LogP contribution in [0.4, 0.5) is 0 Å². The first kappa shape index (κ1) is 18.4. The summed E-state index contributed by atoms with van der Waals surface area (Å²) >= 11 is 3.64. The van der Waals surface area contributed by atoms with Gasteiger partial charge in [0.1, 0.15) is 0 Å². The molecule has 0 saturated heterocycles. The van der Waals surface area contributed by atoms with Gasteiger partial charge in [-0.25, -0.2) is 0 Å². The van der Waals surface area contributed by atoms with Crippen LogP contribution in [0.3, 0.4) is 0 Å². The van der Waals surface area contributed by atoms with Crippen LogP contribution in [0.2, 0.25) is 19.1 Å². The lowest BCUT2D eigenvalue weighted by molar-refractivity contribution is 0.904. The van der Waals surface area contributed by atoms with Crippen LogP contribution in [0.5, 0.6) is 0 Å². The Balaban J connectivity index is 1.80. The lowest BCUT2D eigenvalue weighted by Gasteiger charge is -2.25. The van der Waals surface area contributed by atoms with Gasteiger partial charge in [0.15, 0.2) is 0 Å². The summed E-state index contributed by atoms with van der Waals surface area (Å²) in [4.78, 5) is 0. The molecule has 0 fully saturated rings. The van der Waals surface area contributed by atoms with Gasteiger partial charge in [0.05, 0.1) is 8.07 Å².